The van der Waals surface area contributed by atoms with Gasteiger partial charge in [0.05, 0.1) is 5.69 Å². The lowest BCUT2D eigenvalue weighted by molar-refractivity contribution is 0.620. The summed E-state index contributed by atoms with van der Waals surface area (Å²) in [6, 6.07) is 72.9. The van der Waals surface area contributed by atoms with E-state index >= 15 is 0 Å². The summed E-state index contributed by atoms with van der Waals surface area (Å²) in [5, 5.41) is 4.60. The topological polar surface area (TPSA) is 29.3 Å². The highest BCUT2D eigenvalue weighted by Gasteiger charge is 2.21. The van der Waals surface area contributed by atoms with E-state index in [1.165, 1.54) is 33.0 Å². The van der Waals surface area contributed by atoms with Crippen molar-refractivity contribution in [3.05, 3.63) is 206 Å². The van der Waals surface area contributed by atoms with Gasteiger partial charge in [0.2, 0.25) is 5.89 Å². The number of aromatic nitrogens is 1. The Hall–Kier alpha value is -7.23. The molecule has 9 aromatic carbocycles. The van der Waals surface area contributed by atoms with Gasteiger partial charge in [-0.3, -0.25) is 0 Å². The highest BCUT2D eigenvalue weighted by Crippen LogP contribution is 2.44. The van der Waals surface area contributed by atoms with E-state index in [4.69, 9.17) is 9.40 Å². The fourth-order valence-electron chi connectivity index (χ4n) is 7.54. The number of hydrogen-bond acceptors (Lipinski definition) is 3. The fraction of sp³-hybridized carbons (Fsp3) is 0. The SMILES string of the molecule is c1ccc(-c2ccc(-c3nc4c(cc(N(c5ccc(-c6ccc7ccccc7c6)cc5)c5cccc(-c6ccccc6)c5)c5ccccc54)o3)cc2)cc1. The molecule has 0 atom stereocenters. The fourth-order valence-corrected chi connectivity index (χ4v) is 7.54. The lowest BCUT2D eigenvalue weighted by Crippen LogP contribution is -2.10. The third-order valence-electron chi connectivity index (χ3n) is 10.3. The molecule has 0 aliphatic carbocycles. The second-order valence-corrected chi connectivity index (χ2v) is 13.6. The Labute approximate surface area is 314 Å². The summed E-state index contributed by atoms with van der Waals surface area (Å²) < 4.78 is 6.64. The van der Waals surface area contributed by atoms with E-state index in [1.807, 2.05) is 6.07 Å². The van der Waals surface area contributed by atoms with Crippen LogP contribution in [0, 0.1) is 0 Å². The molecule has 0 N–H and O–H groups in total. The second kappa shape index (κ2) is 13.4. The minimum Gasteiger partial charge on any atom is -0.436 e. The van der Waals surface area contributed by atoms with Gasteiger partial charge in [-0.2, -0.15) is 0 Å². The number of oxazole rings is 1. The highest BCUT2D eigenvalue weighted by molar-refractivity contribution is 6.12. The Balaban J connectivity index is 1.12. The molecule has 10 rings (SSSR count). The van der Waals surface area contributed by atoms with Crippen LogP contribution in [0.4, 0.5) is 17.1 Å². The summed E-state index contributed by atoms with van der Waals surface area (Å²) in [5.74, 6) is 0.601. The van der Waals surface area contributed by atoms with Crippen LogP contribution >= 0.6 is 0 Å². The van der Waals surface area contributed by atoms with Crippen molar-refractivity contribution < 1.29 is 4.42 Å². The van der Waals surface area contributed by atoms with Crippen LogP contribution in [0.15, 0.2) is 211 Å². The van der Waals surface area contributed by atoms with E-state index in [-0.39, 0.29) is 0 Å². The number of anilines is 3. The molecule has 0 unspecified atom stereocenters. The van der Waals surface area contributed by atoms with Gasteiger partial charge in [-0.25, -0.2) is 4.98 Å². The maximum absolute atomic E-state index is 6.64. The summed E-state index contributed by atoms with van der Waals surface area (Å²) in [7, 11) is 0. The Bertz CT molecular complexity index is 2910. The Kier molecular flexibility index (Phi) is 7.81. The summed E-state index contributed by atoms with van der Waals surface area (Å²) in [4.78, 5) is 7.44. The monoisotopic (exact) mass is 690 g/mol. The van der Waals surface area contributed by atoms with Gasteiger partial charge in [-0.05, 0) is 86.6 Å². The van der Waals surface area contributed by atoms with Crippen molar-refractivity contribution in [1.29, 1.82) is 0 Å². The van der Waals surface area contributed by atoms with Crippen molar-refractivity contribution in [2.45, 2.75) is 0 Å². The first-order valence-electron chi connectivity index (χ1n) is 18.3. The molecule has 0 aliphatic rings. The lowest BCUT2D eigenvalue weighted by Gasteiger charge is -2.27. The molecule has 0 radical (unpaired) electrons. The van der Waals surface area contributed by atoms with Crippen molar-refractivity contribution in [2.24, 2.45) is 0 Å². The number of rotatable bonds is 7. The molecule has 0 amide bonds. The Morgan fingerprint density at radius 1 is 0.352 bits per heavy atom. The number of hydrogen-bond donors (Lipinski definition) is 0. The molecule has 1 aromatic heterocycles. The highest BCUT2D eigenvalue weighted by atomic mass is 16.3. The summed E-state index contributed by atoms with van der Waals surface area (Å²) >= 11 is 0. The average molecular weight is 691 g/mol. The summed E-state index contributed by atoms with van der Waals surface area (Å²) in [6.45, 7) is 0. The number of nitrogens with zero attached hydrogens (tertiary/aromatic N) is 2. The van der Waals surface area contributed by atoms with Gasteiger partial charge in [0.1, 0.15) is 5.52 Å². The third kappa shape index (κ3) is 5.78. The second-order valence-electron chi connectivity index (χ2n) is 13.6. The van der Waals surface area contributed by atoms with Crippen LogP contribution in [-0.2, 0) is 0 Å². The van der Waals surface area contributed by atoms with Gasteiger partial charge in [-0.15, -0.1) is 0 Å². The molecule has 0 bridgehead atoms. The van der Waals surface area contributed by atoms with Crippen LogP contribution in [0.3, 0.4) is 0 Å². The first-order valence-corrected chi connectivity index (χ1v) is 18.3. The molecular formula is C51H34N2O. The lowest BCUT2D eigenvalue weighted by atomic mass is 10.00. The standard InChI is InChI=1S/C51H34N2O/c1-3-12-35(13-4-1)38-22-25-40(26-23-38)51-52-50-47-21-10-9-20-46(47)48(34-49(50)54-51)53(45-19-11-18-42(33-45)36-14-5-2-6-15-36)44-30-28-39(29-31-44)43-27-24-37-16-7-8-17-41(37)32-43/h1-34H. The molecule has 3 heteroatoms. The van der Waals surface area contributed by atoms with E-state index in [0.29, 0.717) is 5.89 Å². The average Bonchev–Trinajstić information content (AvgIpc) is 3.69. The predicted octanol–water partition coefficient (Wildman–Crippen LogP) is 14.3. The first-order chi connectivity index (χ1) is 26.7. The number of benzene rings is 9. The molecule has 0 spiro atoms. The van der Waals surface area contributed by atoms with Gasteiger partial charge < -0.3 is 9.32 Å². The summed E-state index contributed by atoms with van der Waals surface area (Å²) in [6.07, 6.45) is 0. The normalized spacial score (nSPS) is 11.3. The quantitative estimate of drug-likeness (QED) is 0.167. The van der Waals surface area contributed by atoms with E-state index in [9.17, 15) is 0 Å². The van der Waals surface area contributed by atoms with Crippen LogP contribution < -0.4 is 4.90 Å². The van der Waals surface area contributed by atoms with Gasteiger partial charge in [-0.1, -0.05) is 158 Å². The van der Waals surface area contributed by atoms with Crippen LogP contribution in [0.1, 0.15) is 0 Å². The molecule has 1 heterocycles. The maximum Gasteiger partial charge on any atom is 0.227 e. The van der Waals surface area contributed by atoms with E-state index in [0.717, 1.165) is 55.6 Å². The van der Waals surface area contributed by atoms with Crippen molar-refractivity contribution in [1.82, 2.24) is 4.98 Å². The van der Waals surface area contributed by atoms with Gasteiger partial charge >= 0.3 is 0 Å². The van der Waals surface area contributed by atoms with Gasteiger partial charge in [0.25, 0.3) is 0 Å². The number of fused-ring (bicyclic) bond motifs is 4. The van der Waals surface area contributed by atoms with Crippen molar-refractivity contribution in [3.63, 3.8) is 0 Å². The molecular weight excluding hydrogens is 657 g/mol. The van der Waals surface area contributed by atoms with E-state index in [1.54, 1.807) is 0 Å². The zero-order chi connectivity index (χ0) is 35.8. The van der Waals surface area contributed by atoms with E-state index < -0.39 is 0 Å². The third-order valence-corrected chi connectivity index (χ3v) is 10.3. The molecule has 0 aliphatic heterocycles. The van der Waals surface area contributed by atoms with Crippen LogP contribution in [0.25, 0.3) is 77.5 Å². The smallest absolute Gasteiger partial charge is 0.227 e. The van der Waals surface area contributed by atoms with Crippen LogP contribution in [0.5, 0.6) is 0 Å². The molecule has 254 valence electrons. The molecule has 0 saturated carbocycles. The minimum atomic E-state index is 0.601. The van der Waals surface area contributed by atoms with Crippen LogP contribution in [0.2, 0.25) is 0 Å². The van der Waals surface area contributed by atoms with Crippen LogP contribution in [-0.4, -0.2) is 4.98 Å². The summed E-state index contributed by atoms with van der Waals surface area (Å²) in [5.41, 5.74) is 12.7. The zero-order valence-corrected chi connectivity index (χ0v) is 29.4. The van der Waals surface area contributed by atoms with Gasteiger partial charge in [0, 0.05) is 33.8 Å². The minimum absolute atomic E-state index is 0.601. The predicted molar refractivity (Wildman–Crippen MR) is 225 cm³/mol. The Morgan fingerprint density at radius 3 is 1.65 bits per heavy atom. The molecule has 54 heavy (non-hydrogen) atoms. The van der Waals surface area contributed by atoms with Crippen molar-refractivity contribution in [2.75, 3.05) is 4.90 Å². The molecule has 0 saturated heterocycles. The van der Waals surface area contributed by atoms with Crippen molar-refractivity contribution >= 4 is 49.7 Å². The largest absolute Gasteiger partial charge is 0.436 e. The molecule has 10 aromatic rings. The first kappa shape index (κ1) is 31.5. The maximum atomic E-state index is 6.64. The van der Waals surface area contributed by atoms with Gasteiger partial charge in [0.15, 0.2) is 5.58 Å². The molecule has 3 nitrogen and oxygen atoms in total. The van der Waals surface area contributed by atoms with Crippen molar-refractivity contribution in [3.8, 4) is 44.8 Å². The zero-order valence-electron chi connectivity index (χ0n) is 29.4. The molecule has 0 fully saturated rings. The Morgan fingerprint density at radius 2 is 0.889 bits per heavy atom. The van der Waals surface area contributed by atoms with E-state index in [2.05, 4.69) is 205 Å².